The molecule has 0 amide bonds. The molecule has 3 N–H and O–H groups in total. The summed E-state index contributed by atoms with van der Waals surface area (Å²) in [6.07, 6.45) is 1.90. The van der Waals surface area contributed by atoms with Crippen molar-refractivity contribution < 1.29 is 19.4 Å². The summed E-state index contributed by atoms with van der Waals surface area (Å²) in [5.41, 5.74) is 7.34. The monoisotopic (exact) mass is 265 g/mol. The van der Waals surface area contributed by atoms with Crippen molar-refractivity contribution in [3.05, 3.63) is 29.3 Å². The minimum absolute atomic E-state index is 0.402. The predicted octanol–water partition coefficient (Wildman–Crippen LogP) is 1.67. The summed E-state index contributed by atoms with van der Waals surface area (Å²) < 4.78 is 10.5. The average Bonchev–Trinajstić information content (AvgIpc) is 2.46. The lowest BCUT2D eigenvalue weighted by Crippen LogP contribution is -2.22. The first kappa shape index (κ1) is 13.8. The Hall–Kier alpha value is -1.59. The van der Waals surface area contributed by atoms with E-state index in [1.165, 1.54) is 7.11 Å². The molecular formula is C14H19NO4. The third-order valence-corrected chi connectivity index (χ3v) is 3.55. The Morgan fingerprint density at radius 3 is 2.74 bits per heavy atom. The van der Waals surface area contributed by atoms with E-state index >= 15 is 0 Å². The Morgan fingerprint density at radius 1 is 1.47 bits per heavy atom. The van der Waals surface area contributed by atoms with Gasteiger partial charge in [-0.15, -0.1) is 0 Å². The smallest absolute Gasteiger partial charge is 0.325 e. The van der Waals surface area contributed by atoms with E-state index in [1.54, 1.807) is 6.07 Å². The van der Waals surface area contributed by atoms with Crippen molar-refractivity contribution in [3.8, 4) is 5.75 Å². The molecule has 0 spiro atoms. The van der Waals surface area contributed by atoms with Crippen LogP contribution < -0.4 is 10.5 Å². The largest absolute Gasteiger partial charge is 0.496 e. The van der Waals surface area contributed by atoms with Crippen LogP contribution in [0.25, 0.3) is 0 Å². The van der Waals surface area contributed by atoms with Crippen molar-refractivity contribution in [1.82, 2.24) is 0 Å². The topological polar surface area (TPSA) is 81.8 Å². The summed E-state index contributed by atoms with van der Waals surface area (Å²) in [6, 6.07) is 4.57. The van der Waals surface area contributed by atoms with Crippen molar-refractivity contribution in [1.29, 1.82) is 0 Å². The summed E-state index contributed by atoms with van der Waals surface area (Å²) in [4.78, 5) is 11.1. The van der Waals surface area contributed by atoms with Crippen LogP contribution >= 0.6 is 0 Å². The number of carboxylic acids is 1. The lowest BCUT2D eigenvalue weighted by atomic mass is 9.89. The molecule has 1 aliphatic heterocycles. The van der Waals surface area contributed by atoms with Gasteiger partial charge in [0, 0.05) is 18.8 Å². The third-order valence-electron chi connectivity index (χ3n) is 3.55. The highest BCUT2D eigenvalue weighted by atomic mass is 16.5. The van der Waals surface area contributed by atoms with E-state index in [9.17, 15) is 4.79 Å². The van der Waals surface area contributed by atoms with Crippen LogP contribution in [0.15, 0.2) is 18.2 Å². The minimum Gasteiger partial charge on any atom is -0.496 e. The maximum atomic E-state index is 11.1. The van der Waals surface area contributed by atoms with E-state index in [0.717, 1.165) is 31.6 Å². The summed E-state index contributed by atoms with van der Waals surface area (Å²) in [5.74, 6) is -0.132. The van der Waals surface area contributed by atoms with Gasteiger partial charge in [0.05, 0.1) is 7.11 Å². The fourth-order valence-electron chi connectivity index (χ4n) is 2.41. The van der Waals surface area contributed by atoms with Gasteiger partial charge in [-0.2, -0.15) is 0 Å². The highest BCUT2D eigenvalue weighted by molar-refractivity contribution is 5.76. The molecule has 1 aromatic rings. The lowest BCUT2D eigenvalue weighted by molar-refractivity contribution is -0.138. The molecule has 5 heteroatoms. The molecule has 0 bridgehead atoms. The number of rotatable bonds is 4. The zero-order valence-electron chi connectivity index (χ0n) is 11.0. The first-order valence-corrected chi connectivity index (χ1v) is 6.37. The van der Waals surface area contributed by atoms with Crippen molar-refractivity contribution in [2.75, 3.05) is 20.3 Å². The van der Waals surface area contributed by atoms with Gasteiger partial charge in [-0.25, -0.2) is 0 Å². The lowest BCUT2D eigenvalue weighted by Gasteiger charge is -2.24. The second kappa shape index (κ2) is 6.04. The first-order valence-electron chi connectivity index (χ1n) is 6.37. The molecule has 5 nitrogen and oxygen atoms in total. The Balaban J connectivity index is 2.31. The summed E-state index contributed by atoms with van der Waals surface area (Å²) in [6.45, 7) is 1.49. The van der Waals surface area contributed by atoms with Gasteiger partial charge in [-0.1, -0.05) is 6.07 Å². The van der Waals surface area contributed by atoms with E-state index in [4.69, 9.17) is 20.3 Å². The van der Waals surface area contributed by atoms with E-state index in [1.807, 2.05) is 12.1 Å². The maximum absolute atomic E-state index is 11.1. The zero-order valence-corrected chi connectivity index (χ0v) is 11.0. The number of carboxylic acid groups (broad SMARTS) is 1. The quantitative estimate of drug-likeness (QED) is 0.865. The fraction of sp³-hybridized carbons (Fsp3) is 0.500. The molecule has 2 rings (SSSR count). The number of aliphatic carboxylic acids is 1. The van der Waals surface area contributed by atoms with E-state index in [2.05, 4.69) is 0 Å². The molecular weight excluding hydrogens is 246 g/mol. The number of nitrogens with two attached hydrogens (primary N) is 1. The highest BCUT2D eigenvalue weighted by Gasteiger charge is 2.22. The van der Waals surface area contributed by atoms with Gasteiger partial charge in [0.2, 0.25) is 0 Å². The summed E-state index contributed by atoms with van der Waals surface area (Å²) in [7, 11) is 1.52. The van der Waals surface area contributed by atoms with Crippen LogP contribution in [0, 0.1) is 0 Å². The van der Waals surface area contributed by atoms with E-state index in [-0.39, 0.29) is 0 Å². The molecule has 1 aromatic carbocycles. The Kier molecular flexibility index (Phi) is 4.39. The molecule has 104 valence electrons. The van der Waals surface area contributed by atoms with Gasteiger partial charge in [-0.3, -0.25) is 4.79 Å². The van der Waals surface area contributed by atoms with Gasteiger partial charge >= 0.3 is 5.97 Å². The highest BCUT2D eigenvalue weighted by Crippen LogP contribution is 2.32. The molecule has 1 fully saturated rings. The predicted molar refractivity (Wildman–Crippen MR) is 70.4 cm³/mol. The normalized spacial score (nSPS) is 18.0. The summed E-state index contributed by atoms with van der Waals surface area (Å²) in [5, 5.41) is 9.06. The molecule has 0 saturated carbocycles. The molecule has 1 aliphatic rings. The number of hydrogen-bond donors (Lipinski definition) is 2. The molecule has 0 aromatic heterocycles. The van der Waals surface area contributed by atoms with Gasteiger partial charge in [0.1, 0.15) is 11.8 Å². The van der Waals surface area contributed by atoms with Gasteiger partial charge in [0.25, 0.3) is 0 Å². The molecule has 1 saturated heterocycles. The van der Waals surface area contributed by atoms with Crippen molar-refractivity contribution in [3.63, 3.8) is 0 Å². The van der Waals surface area contributed by atoms with Gasteiger partial charge < -0.3 is 20.3 Å². The van der Waals surface area contributed by atoms with Crippen LogP contribution in [0.5, 0.6) is 5.75 Å². The molecule has 0 aliphatic carbocycles. The van der Waals surface area contributed by atoms with Crippen molar-refractivity contribution in [2.45, 2.75) is 24.8 Å². The van der Waals surface area contributed by atoms with E-state index < -0.39 is 12.0 Å². The SMILES string of the molecule is COc1ccc(C2CCOCC2)cc1C(N)C(=O)O. The van der Waals surface area contributed by atoms with Gasteiger partial charge in [-0.05, 0) is 36.5 Å². The van der Waals surface area contributed by atoms with Crippen LogP contribution in [0.3, 0.4) is 0 Å². The van der Waals surface area contributed by atoms with Crippen molar-refractivity contribution in [2.24, 2.45) is 5.73 Å². The molecule has 19 heavy (non-hydrogen) atoms. The maximum Gasteiger partial charge on any atom is 0.325 e. The second-order valence-corrected chi connectivity index (χ2v) is 4.70. The Bertz CT molecular complexity index is 455. The first-order chi connectivity index (χ1) is 9.13. The van der Waals surface area contributed by atoms with E-state index in [0.29, 0.717) is 17.2 Å². The van der Waals surface area contributed by atoms with Gasteiger partial charge in [0.15, 0.2) is 0 Å². The molecule has 1 heterocycles. The van der Waals surface area contributed by atoms with Crippen LogP contribution in [-0.2, 0) is 9.53 Å². The number of methoxy groups -OCH3 is 1. The second-order valence-electron chi connectivity index (χ2n) is 4.70. The number of hydrogen-bond acceptors (Lipinski definition) is 4. The molecule has 1 atom stereocenters. The van der Waals surface area contributed by atoms with Crippen LogP contribution in [-0.4, -0.2) is 31.4 Å². The fourth-order valence-corrected chi connectivity index (χ4v) is 2.41. The Morgan fingerprint density at radius 2 is 2.16 bits per heavy atom. The average molecular weight is 265 g/mol. The van der Waals surface area contributed by atoms with Crippen LogP contribution in [0.1, 0.15) is 35.9 Å². The standard InChI is InChI=1S/C14H19NO4/c1-18-12-3-2-10(9-4-6-19-7-5-9)8-11(12)13(15)14(16)17/h2-3,8-9,13H,4-7,15H2,1H3,(H,16,17). The van der Waals surface area contributed by atoms with Crippen LogP contribution in [0.2, 0.25) is 0 Å². The molecule has 1 unspecified atom stereocenters. The van der Waals surface area contributed by atoms with Crippen LogP contribution in [0.4, 0.5) is 0 Å². The molecule has 0 radical (unpaired) electrons. The summed E-state index contributed by atoms with van der Waals surface area (Å²) >= 11 is 0. The Labute approximate surface area is 112 Å². The number of benzene rings is 1. The third kappa shape index (κ3) is 3.05. The number of ether oxygens (including phenoxy) is 2. The number of carbonyl (C=O) groups is 1. The van der Waals surface area contributed by atoms with Crippen molar-refractivity contribution >= 4 is 5.97 Å². The zero-order chi connectivity index (χ0) is 13.8. The minimum atomic E-state index is -1.06.